The highest BCUT2D eigenvalue weighted by molar-refractivity contribution is 7.25. The van der Waals surface area contributed by atoms with E-state index in [-0.39, 0.29) is 0 Å². The van der Waals surface area contributed by atoms with Gasteiger partial charge in [0.1, 0.15) is 4.83 Å². The van der Waals surface area contributed by atoms with E-state index in [4.69, 9.17) is 9.97 Å². The predicted molar refractivity (Wildman–Crippen MR) is 227 cm³/mol. The van der Waals surface area contributed by atoms with Crippen molar-refractivity contribution in [3.8, 4) is 44.9 Å². The Labute approximate surface area is 310 Å². The second-order valence-corrected chi connectivity index (χ2v) is 14.7. The summed E-state index contributed by atoms with van der Waals surface area (Å²) in [6.45, 7) is 0. The Bertz CT molecular complexity index is 3200. The zero-order valence-electron chi connectivity index (χ0n) is 28.6. The highest BCUT2D eigenvalue weighted by Crippen LogP contribution is 2.44. The summed E-state index contributed by atoms with van der Waals surface area (Å²) in [4.78, 5) is 11.5. The van der Waals surface area contributed by atoms with Crippen LogP contribution in [0.25, 0.3) is 108 Å². The lowest BCUT2D eigenvalue weighted by atomic mass is 9.91. The van der Waals surface area contributed by atoms with Gasteiger partial charge < -0.3 is 0 Å². The van der Waals surface area contributed by atoms with Crippen molar-refractivity contribution in [2.45, 2.75) is 0 Å². The van der Waals surface area contributed by atoms with Crippen LogP contribution in [0.2, 0.25) is 0 Å². The average Bonchev–Trinajstić information content (AvgIpc) is 3.63. The van der Waals surface area contributed by atoms with Gasteiger partial charge in [-0.25, -0.2) is 9.97 Å². The van der Waals surface area contributed by atoms with Crippen molar-refractivity contribution in [2.24, 2.45) is 0 Å². The van der Waals surface area contributed by atoms with E-state index in [0.29, 0.717) is 0 Å². The molecule has 2 heterocycles. The number of hydrogen-bond acceptors (Lipinski definition) is 3. The van der Waals surface area contributed by atoms with Crippen molar-refractivity contribution in [1.82, 2.24) is 9.97 Å². The third-order valence-electron chi connectivity index (χ3n) is 10.7. The van der Waals surface area contributed by atoms with Crippen LogP contribution < -0.4 is 0 Å². The van der Waals surface area contributed by atoms with Crippen molar-refractivity contribution in [3.63, 3.8) is 0 Å². The molecule has 11 aromatic rings. The summed E-state index contributed by atoms with van der Waals surface area (Å²) in [5.41, 5.74) is 7.77. The topological polar surface area (TPSA) is 25.8 Å². The van der Waals surface area contributed by atoms with Crippen LogP contribution >= 0.6 is 11.3 Å². The lowest BCUT2D eigenvalue weighted by Gasteiger charge is -2.13. The zero-order valence-corrected chi connectivity index (χ0v) is 29.4. The smallest absolute Gasteiger partial charge is 0.161 e. The number of rotatable bonds is 4. The molecular weight excluding hydrogens is 661 g/mol. The molecule has 0 radical (unpaired) electrons. The standard InChI is InChI=1S/C50H30N2S/c1-2-13-32(14-3-1)49-51-48(47-46-38-19-5-4-12-31(38)25-27-45(46)53-50(47)52-49)37-18-11-17-35(29-37)33-15-10-16-34(28-33)36-24-26-43-41-22-7-6-20-39(41)40-21-8-9-23-42(40)44(43)30-36/h1-30H. The molecule has 0 saturated heterocycles. The van der Waals surface area contributed by atoms with E-state index in [2.05, 4.69) is 176 Å². The van der Waals surface area contributed by atoms with Gasteiger partial charge in [0.15, 0.2) is 5.82 Å². The van der Waals surface area contributed by atoms with Gasteiger partial charge in [0, 0.05) is 26.6 Å². The molecule has 0 spiro atoms. The molecule has 53 heavy (non-hydrogen) atoms. The minimum atomic E-state index is 0.743. The van der Waals surface area contributed by atoms with Gasteiger partial charge in [0.25, 0.3) is 0 Å². The lowest BCUT2D eigenvalue weighted by Crippen LogP contribution is -1.94. The highest BCUT2D eigenvalue weighted by Gasteiger charge is 2.19. The van der Waals surface area contributed by atoms with E-state index >= 15 is 0 Å². The number of thiophene rings is 1. The number of nitrogens with zero attached hydrogens (tertiary/aromatic N) is 2. The Morgan fingerprint density at radius 1 is 0.321 bits per heavy atom. The largest absolute Gasteiger partial charge is 0.227 e. The molecule has 0 aliphatic heterocycles. The number of fused-ring (bicyclic) bond motifs is 11. The van der Waals surface area contributed by atoms with Crippen LogP contribution in [0.4, 0.5) is 0 Å². The molecule has 9 aromatic carbocycles. The molecule has 0 fully saturated rings. The molecule has 3 heteroatoms. The second kappa shape index (κ2) is 11.9. The van der Waals surface area contributed by atoms with Crippen LogP contribution in [0.5, 0.6) is 0 Å². The molecule has 0 bridgehead atoms. The molecule has 0 N–H and O–H groups in total. The molecule has 2 nitrogen and oxygen atoms in total. The minimum absolute atomic E-state index is 0.743. The van der Waals surface area contributed by atoms with Crippen LogP contribution in [-0.2, 0) is 0 Å². The fraction of sp³-hybridized carbons (Fsp3) is 0. The van der Waals surface area contributed by atoms with Crippen LogP contribution in [0.1, 0.15) is 0 Å². The number of benzene rings is 9. The van der Waals surface area contributed by atoms with Crippen LogP contribution in [0, 0.1) is 0 Å². The molecular formula is C50H30N2S. The summed E-state index contributed by atoms with van der Waals surface area (Å²) < 4.78 is 1.22. The summed E-state index contributed by atoms with van der Waals surface area (Å²) in [6, 6.07) is 65.7. The molecule has 0 unspecified atom stereocenters. The van der Waals surface area contributed by atoms with Gasteiger partial charge in [-0.3, -0.25) is 0 Å². The molecule has 246 valence electrons. The molecule has 2 aromatic heterocycles. The van der Waals surface area contributed by atoms with Gasteiger partial charge >= 0.3 is 0 Å². The van der Waals surface area contributed by atoms with Gasteiger partial charge in [0.2, 0.25) is 0 Å². The van der Waals surface area contributed by atoms with Crippen molar-refractivity contribution in [1.29, 1.82) is 0 Å². The van der Waals surface area contributed by atoms with E-state index in [1.165, 1.54) is 69.9 Å². The lowest BCUT2D eigenvalue weighted by molar-refractivity contribution is 1.24. The molecule has 0 amide bonds. The average molecular weight is 691 g/mol. The normalized spacial score (nSPS) is 11.8. The van der Waals surface area contributed by atoms with E-state index in [1.54, 1.807) is 11.3 Å². The first-order valence-electron chi connectivity index (χ1n) is 18.0. The van der Waals surface area contributed by atoms with Crippen LogP contribution in [0.3, 0.4) is 0 Å². The first-order chi connectivity index (χ1) is 26.3. The van der Waals surface area contributed by atoms with Gasteiger partial charge in [-0.15, -0.1) is 11.3 Å². The van der Waals surface area contributed by atoms with Crippen LogP contribution in [-0.4, -0.2) is 9.97 Å². The Morgan fingerprint density at radius 2 is 0.849 bits per heavy atom. The molecule has 11 rings (SSSR count). The number of hydrogen-bond donors (Lipinski definition) is 0. The fourth-order valence-electron chi connectivity index (χ4n) is 8.17. The SMILES string of the molecule is c1ccc(-c2nc(-c3cccc(-c4cccc(-c5ccc6c7ccccc7c7ccccc7c6c5)c4)c3)c3c(n2)sc2ccc4ccccc4c23)cc1. The summed E-state index contributed by atoms with van der Waals surface area (Å²) in [7, 11) is 0. The summed E-state index contributed by atoms with van der Waals surface area (Å²) in [6.07, 6.45) is 0. The maximum absolute atomic E-state index is 5.34. The Morgan fingerprint density at radius 3 is 1.55 bits per heavy atom. The monoisotopic (exact) mass is 690 g/mol. The summed E-state index contributed by atoms with van der Waals surface area (Å²) >= 11 is 1.74. The van der Waals surface area contributed by atoms with E-state index in [1.807, 2.05) is 6.07 Å². The van der Waals surface area contributed by atoms with E-state index < -0.39 is 0 Å². The fourth-order valence-corrected chi connectivity index (χ4v) is 9.27. The molecule has 0 aliphatic rings. The van der Waals surface area contributed by atoms with E-state index in [9.17, 15) is 0 Å². The van der Waals surface area contributed by atoms with Crippen molar-refractivity contribution >= 4 is 74.7 Å². The third kappa shape index (κ3) is 4.86. The van der Waals surface area contributed by atoms with Gasteiger partial charge in [-0.1, -0.05) is 158 Å². The first kappa shape index (κ1) is 30.0. The minimum Gasteiger partial charge on any atom is -0.227 e. The Hall–Kier alpha value is -6.68. The van der Waals surface area contributed by atoms with Crippen molar-refractivity contribution in [2.75, 3.05) is 0 Å². The Kier molecular flexibility index (Phi) is 6.76. The predicted octanol–water partition coefficient (Wildman–Crippen LogP) is 14.1. The first-order valence-corrected chi connectivity index (χ1v) is 18.8. The Balaban J connectivity index is 1.08. The van der Waals surface area contributed by atoms with Crippen molar-refractivity contribution < 1.29 is 0 Å². The van der Waals surface area contributed by atoms with Gasteiger partial charge in [0.05, 0.1) is 5.69 Å². The van der Waals surface area contributed by atoms with Crippen LogP contribution in [0.15, 0.2) is 182 Å². The van der Waals surface area contributed by atoms with Gasteiger partial charge in [-0.05, 0) is 89.6 Å². The molecule has 0 atom stereocenters. The maximum atomic E-state index is 5.34. The van der Waals surface area contributed by atoms with E-state index in [0.717, 1.165) is 38.4 Å². The summed E-state index contributed by atoms with van der Waals surface area (Å²) in [5.74, 6) is 0.743. The summed E-state index contributed by atoms with van der Waals surface area (Å²) in [5, 5.41) is 12.5. The third-order valence-corrected chi connectivity index (χ3v) is 11.7. The second-order valence-electron chi connectivity index (χ2n) is 13.7. The maximum Gasteiger partial charge on any atom is 0.161 e. The molecule has 0 saturated carbocycles. The highest BCUT2D eigenvalue weighted by atomic mass is 32.1. The van der Waals surface area contributed by atoms with Gasteiger partial charge in [-0.2, -0.15) is 0 Å². The quantitative estimate of drug-likeness (QED) is 0.172. The van der Waals surface area contributed by atoms with Crippen molar-refractivity contribution in [3.05, 3.63) is 182 Å². The zero-order chi connectivity index (χ0) is 34.9. The molecule has 0 aliphatic carbocycles. The number of aromatic nitrogens is 2.